The number of methoxy groups -OCH3 is 1. The molecular weight excluding hydrogens is 340 g/mol. The van der Waals surface area contributed by atoms with E-state index < -0.39 is 0 Å². The molecule has 2 unspecified atom stereocenters. The van der Waals surface area contributed by atoms with Crippen molar-refractivity contribution in [3.05, 3.63) is 59.7 Å². The van der Waals surface area contributed by atoms with Crippen LogP contribution in [0.4, 0.5) is 5.69 Å². The predicted octanol–water partition coefficient (Wildman–Crippen LogP) is 3.71. The van der Waals surface area contributed by atoms with Crippen LogP contribution in [-0.2, 0) is 16.1 Å². The molecular formula is C22H26N2O3. The van der Waals surface area contributed by atoms with Crippen molar-refractivity contribution in [2.45, 2.75) is 32.7 Å². The van der Waals surface area contributed by atoms with Crippen LogP contribution >= 0.6 is 0 Å². The van der Waals surface area contributed by atoms with E-state index in [4.69, 9.17) is 4.74 Å². The summed E-state index contributed by atoms with van der Waals surface area (Å²) in [5.74, 6) is 0.376. The zero-order valence-corrected chi connectivity index (χ0v) is 16.0. The first kappa shape index (κ1) is 19.0. The Morgan fingerprint density at radius 3 is 2.44 bits per heavy atom. The van der Waals surface area contributed by atoms with Gasteiger partial charge in [-0.2, -0.15) is 0 Å². The van der Waals surface area contributed by atoms with E-state index in [0.29, 0.717) is 18.9 Å². The third-order valence-electron chi connectivity index (χ3n) is 4.95. The summed E-state index contributed by atoms with van der Waals surface area (Å²) in [5.41, 5.74) is 2.85. The molecule has 3 rings (SSSR count). The van der Waals surface area contributed by atoms with Crippen molar-refractivity contribution in [1.82, 2.24) is 5.32 Å². The van der Waals surface area contributed by atoms with Gasteiger partial charge in [0.05, 0.1) is 18.9 Å². The third kappa shape index (κ3) is 4.48. The van der Waals surface area contributed by atoms with Gasteiger partial charge in [0.15, 0.2) is 0 Å². The number of amides is 2. The highest BCUT2D eigenvalue weighted by Gasteiger charge is 2.48. The van der Waals surface area contributed by atoms with Gasteiger partial charge in [-0.15, -0.1) is 0 Å². The topological polar surface area (TPSA) is 67.4 Å². The van der Waals surface area contributed by atoms with Crippen LogP contribution in [0.5, 0.6) is 5.75 Å². The summed E-state index contributed by atoms with van der Waals surface area (Å²) in [6, 6.07) is 15.4. The lowest BCUT2D eigenvalue weighted by atomic mass is 10.0. The lowest BCUT2D eigenvalue weighted by Gasteiger charge is -2.13. The lowest BCUT2D eigenvalue weighted by molar-refractivity contribution is -0.125. The van der Waals surface area contributed by atoms with Crippen LogP contribution in [0, 0.1) is 11.8 Å². The van der Waals surface area contributed by atoms with Gasteiger partial charge in [-0.3, -0.25) is 9.59 Å². The van der Waals surface area contributed by atoms with Gasteiger partial charge in [-0.1, -0.05) is 50.2 Å². The standard InChI is InChI=1S/C22H26N2O3/c1-14(2)16-9-5-6-10-19(16)24-22(26)18-12-17(18)21(25)23-13-15-8-4-7-11-20(15)27-3/h4-11,14,17-18H,12-13H2,1-3H3,(H,23,25)(H,24,26). The minimum atomic E-state index is -0.261. The highest BCUT2D eigenvalue weighted by Crippen LogP contribution is 2.40. The fourth-order valence-electron chi connectivity index (χ4n) is 3.28. The summed E-state index contributed by atoms with van der Waals surface area (Å²) in [5, 5.41) is 5.91. The van der Waals surface area contributed by atoms with Crippen LogP contribution in [-0.4, -0.2) is 18.9 Å². The number of para-hydroxylation sites is 2. The molecule has 0 spiro atoms. The van der Waals surface area contributed by atoms with Gasteiger partial charge in [0, 0.05) is 17.8 Å². The summed E-state index contributed by atoms with van der Waals surface area (Å²) in [6.07, 6.45) is 0.591. The summed E-state index contributed by atoms with van der Waals surface area (Å²) in [4.78, 5) is 24.9. The normalized spacial score (nSPS) is 18.1. The molecule has 5 nitrogen and oxygen atoms in total. The van der Waals surface area contributed by atoms with E-state index in [1.165, 1.54) is 0 Å². The average molecular weight is 366 g/mol. The number of ether oxygens (including phenoxy) is 1. The molecule has 0 bridgehead atoms. The van der Waals surface area contributed by atoms with E-state index in [0.717, 1.165) is 22.6 Å². The van der Waals surface area contributed by atoms with Crippen molar-refractivity contribution in [2.75, 3.05) is 12.4 Å². The molecule has 2 aromatic carbocycles. The molecule has 2 atom stereocenters. The van der Waals surface area contributed by atoms with Gasteiger partial charge in [-0.05, 0) is 30.0 Å². The van der Waals surface area contributed by atoms with Crippen molar-refractivity contribution in [3.8, 4) is 5.75 Å². The maximum atomic E-state index is 12.5. The highest BCUT2D eigenvalue weighted by molar-refractivity contribution is 6.00. The first-order valence-electron chi connectivity index (χ1n) is 9.30. The van der Waals surface area contributed by atoms with E-state index in [9.17, 15) is 9.59 Å². The molecule has 0 aliphatic heterocycles. The monoisotopic (exact) mass is 366 g/mol. The molecule has 1 aliphatic rings. The minimum absolute atomic E-state index is 0.0828. The van der Waals surface area contributed by atoms with Crippen LogP contribution in [0.15, 0.2) is 48.5 Å². The molecule has 0 heterocycles. The van der Waals surface area contributed by atoms with E-state index in [1.807, 2.05) is 48.5 Å². The van der Waals surface area contributed by atoms with Crippen LogP contribution in [0.25, 0.3) is 0 Å². The molecule has 2 aromatic rings. The second kappa shape index (κ2) is 8.25. The largest absolute Gasteiger partial charge is 0.496 e. The first-order valence-corrected chi connectivity index (χ1v) is 9.30. The minimum Gasteiger partial charge on any atom is -0.496 e. The fraction of sp³-hybridized carbons (Fsp3) is 0.364. The predicted molar refractivity (Wildman–Crippen MR) is 106 cm³/mol. The molecule has 0 saturated heterocycles. The van der Waals surface area contributed by atoms with Gasteiger partial charge in [0.2, 0.25) is 11.8 Å². The van der Waals surface area contributed by atoms with Gasteiger partial charge in [-0.25, -0.2) is 0 Å². The Morgan fingerprint density at radius 1 is 1.04 bits per heavy atom. The Morgan fingerprint density at radius 2 is 1.70 bits per heavy atom. The molecule has 5 heteroatoms. The quantitative estimate of drug-likeness (QED) is 0.785. The lowest BCUT2D eigenvalue weighted by Crippen LogP contribution is -2.27. The van der Waals surface area contributed by atoms with Crippen molar-refractivity contribution in [2.24, 2.45) is 11.8 Å². The van der Waals surface area contributed by atoms with Gasteiger partial charge in [0.1, 0.15) is 5.75 Å². The van der Waals surface area contributed by atoms with E-state index in [-0.39, 0.29) is 23.7 Å². The smallest absolute Gasteiger partial charge is 0.228 e. The van der Waals surface area contributed by atoms with E-state index in [1.54, 1.807) is 7.11 Å². The number of hydrogen-bond donors (Lipinski definition) is 2. The fourth-order valence-corrected chi connectivity index (χ4v) is 3.28. The number of benzene rings is 2. The maximum absolute atomic E-state index is 12.5. The molecule has 142 valence electrons. The summed E-state index contributed by atoms with van der Waals surface area (Å²) >= 11 is 0. The maximum Gasteiger partial charge on any atom is 0.228 e. The molecule has 0 aromatic heterocycles. The van der Waals surface area contributed by atoms with E-state index >= 15 is 0 Å². The van der Waals surface area contributed by atoms with Crippen molar-refractivity contribution in [3.63, 3.8) is 0 Å². The van der Waals surface area contributed by atoms with Crippen LogP contribution in [0.2, 0.25) is 0 Å². The number of nitrogens with one attached hydrogen (secondary N) is 2. The Labute approximate surface area is 160 Å². The van der Waals surface area contributed by atoms with Crippen molar-refractivity contribution in [1.29, 1.82) is 0 Å². The third-order valence-corrected chi connectivity index (χ3v) is 4.95. The molecule has 2 amide bonds. The van der Waals surface area contributed by atoms with Crippen LogP contribution in [0.3, 0.4) is 0 Å². The van der Waals surface area contributed by atoms with Crippen LogP contribution in [0.1, 0.15) is 37.3 Å². The first-order chi connectivity index (χ1) is 13.0. The number of hydrogen-bond acceptors (Lipinski definition) is 3. The number of carbonyl (C=O) groups excluding carboxylic acids is 2. The van der Waals surface area contributed by atoms with Gasteiger partial charge in [0.25, 0.3) is 0 Å². The molecule has 1 fully saturated rings. The Hall–Kier alpha value is -2.82. The Kier molecular flexibility index (Phi) is 5.79. The van der Waals surface area contributed by atoms with Crippen molar-refractivity contribution >= 4 is 17.5 Å². The number of rotatable bonds is 7. The second-order valence-electron chi connectivity index (χ2n) is 7.21. The summed E-state index contributed by atoms with van der Waals surface area (Å²) in [6.45, 7) is 4.58. The Balaban J connectivity index is 1.54. The zero-order chi connectivity index (χ0) is 19.4. The zero-order valence-electron chi connectivity index (χ0n) is 16.0. The molecule has 0 radical (unpaired) electrons. The summed E-state index contributed by atoms with van der Waals surface area (Å²) < 4.78 is 5.29. The van der Waals surface area contributed by atoms with Gasteiger partial charge >= 0.3 is 0 Å². The van der Waals surface area contributed by atoms with Gasteiger partial charge < -0.3 is 15.4 Å². The van der Waals surface area contributed by atoms with Crippen molar-refractivity contribution < 1.29 is 14.3 Å². The Bertz CT molecular complexity index is 832. The second-order valence-corrected chi connectivity index (χ2v) is 7.21. The SMILES string of the molecule is COc1ccccc1CNC(=O)C1CC1C(=O)Nc1ccccc1C(C)C. The average Bonchev–Trinajstić information content (AvgIpc) is 3.47. The molecule has 2 N–H and O–H groups in total. The number of carbonyl (C=O) groups is 2. The van der Waals surface area contributed by atoms with E-state index in [2.05, 4.69) is 24.5 Å². The molecule has 27 heavy (non-hydrogen) atoms. The molecule has 1 aliphatic carbocycles. The number of anilines is 1. The highest BCUT2D eigenvalue weighted by atomic mass is 16.5. The summed E-state index contributed by atoms with van der Waals surface area (Å²) in [7, 11) is 1.61. The molecule has 1 saturated carbocycles. The van der Waals surface area contributed by atoms with Crippen LogP contribution < -0.4 is 15.4 Å².